The smallest absolute Gasteiger partial charge is 0.256 e. The van der Waals surface area contributed by atoms with Gasteiger partial charge in [0.25, 0.3) is 5.91 Å². The molecule has 0 unspecified atom stereocenters. The van der Waals surface area contributed by atoms with Crippen LogP contribution in [-0.2, 0) is 4.79 Å². The van der Waals surface area contributed by atoms with Crippen LogP contribution in [0.15, 0.2) is 66.7 Å². The van der Waals surface area contributed by atoms with Crippen molar-refractivity contribution >= 4 is 40.6 Å². The molecule has 30 heavy (non-hydrogen) atoms. The molecule has 2 amide bonds. The Kier molecular flexibility index (Phi) is 6.49. The molecule has 3 rings (SSSR count). The van der Waals surface area contributed by atoms with Gasteiger partial charge in [0.15, 0.2) is 5.78 Å². The Morgan fingerprint density at radius 2 is 1.53 bits per heavy atom. The number of carbonyl (C=O) groups is 3. The fraction of sp³-hybridized carbons (Fsp3) is 0.0870. The van der Waals surface area contributed by atoms with E-state index in [9.17, 15) is 14.4 Å². The Balaban J connectivity index is 1.89. The lowest BCUT2D eigenvalue weighted by Crippen LogP contribution is -2.17. The average molecular weight is 423 g/mol. The van der Waals surface area contributed by atoms with Gasteiger partial charge in [-0.05, 0) is 48.5 Å². The molecule has 152 valence electrons. The number of halogens is 1. The summed E-state index contributed by atoms with van der Waals surface area (Å²) in [4.78, 5) is 37.2. The van der Waals surface area contributed by atoms with Crippen molar-refractivity contribution in [3.05, 3.63) is 88.4 Å². The summed E-state index contributed by atoms with van der Waals surface area (Å²) in [7, 11) is 1.48. The predicted octanol–water partition coefficient (Wildman–Crippen LogP) is 4.79. The van der Waals surface area contributed by atoms with Crippen LogP contribution in [0.1, 0.15) is 33.2 Å². The highest BCUT2D eigenvalue weighted by molar-refractivity contribution is 6.30. The van der Waals surface area contributed by atoms with Gasteiger partial charge in [-0.15, -0.1) is 0 Å². The molecule has 0 radical (unpaired) electrons. The van der Waals surface area contributed by atoms with Gasteiger partial charge in [-0.2, -0.15) is 0 Å². The van der Waals surface area contributed by atoms with Gasteiger partial charge in [0, 0.05) is 28.8 Å². The van der Waals surface area contributed by atoms with E-state index in [1.165, 1.54) is 14.0 Å². The predicted molar refractivity (Wildman–Crippen MR) is 117 cm³/mol. The number of ether oxygens (including phenoxy) is 1. The largest absolute Gasteiger partial charge is 0.495 e. The van der Waals surface area contributed by atoms with Gasteiger partial charge < -0.3 is 15.4 Å². The number of rotatable bonds is 6. The second-order valence-electron chi connectivity index (χ2n) is 6.43. The van der Waals surface area contributed by atoms with Crippen LogP contribution in [0.5, 0.6) is 5.75 Å². The topological polar surface area (TPSA) is 84.5 Å². The third-order valence-electron chi connectivity index (χ3n) is 4.29. The zero-order valence-electron chi connectivity index (χ0n) is 16.4. The molecule has 0 aromatic heterocycles. The van der Waals surface area contributed by atoms with Gasteiger partial charge in [0.2, 0.25) is 5.91 Å². The van der Waals surface area contributed by atoms with Crippen molar-refractivity contribution in [1.82, 2.24) is 0 Å². The number of anilines is 2. The molecule has 0 bridgehead atoms. The van der Waals surface area contributed by atoms with E-state index in [4.69, 9.17) is 16.3 Å². The van der Waals surface area contributed by atoms with Gasteiger partial charge in [-0.25, -0.2) is 0 Å². The van der Waals surface area contributed by atoms with Gasteiger partial charge >= 0.3 is 0 Å². The highest BCUT2D eigenvalue weighted by Crippen LogP contribution is 2.28. The van der Waals surface area contributed by atoms with Gasteiger partial charge in [-0.3, -0.25) is 14.4 Å². The fourth-order valence-electron chi connectivity index (χ4n) is 2.91. The van der Waals surface area contributed by atoms with Crippen LogP contribution in [0.25, 0.3) is 0 Å². The number of hydrogen-bond donors (Lipinski definition) is 2. The maximum absolute atomic E-state index is 12.9. The Labute approximate surface area is 178 Å². The molecule has 0 fully saturated rings. The SMILES string of the molecule is COc1ccc(NC(=O)c2ccccc2C(=O)c2ccc(Cl)cc2)cc1NC(C)=O. The standard InChI is InChI=1S/C23H19ClN2O4/c1-14(27)25-20-13-17(11-12-21(20)30-2)26-23(29)19-6-4-3-5-18(19)22(28)15-7-9-16(24)10-8-15/h3-13H,1-2H3,(H,25,27)(H,26,29). The molecule has 0 atom stereocenters. The van der Waals surface area contributed by atoms with Crippen molar-refractivity contribution in [2.45, 2.75) is 6.92 Å². The lowest BCUT2D eigenvalue weighted by Gasteiger charge is -2.13. The first kappa shape index (κ1) is 21.1. The molecule has 0 spiro atoms. The zero-order valence-corrected chi connectivity index (χ0v) is 17.1. The molecule has 6 nitrogen and oxygen atoms in total. The summed E-state index contributed by atoms with van der Waals surface area (Å²) >= 11 is 5.89. The summed E-state index contributed by atoms with van der Waals surface area (Å²) in [6.07, 6.45) is 0. The van der Waals surface area contributed by atoms with Crippen molar-refractivity contribution < 1.29 is 19.1 Å². The second kappa shape index (κ2) is 9.24. The number of carbonyl (C=O) groups excluding carboxylic acids is 3. The minimum absolute atomic E-state index is 0.231. The Bertz CT molecular complexity index is 1110. The number of nitrogens with one attached hydrogen (secondary N) is 2. The third-order valence-corrected chi connectivity index (χ3v) is 4.54. The van der Waals surface area contributed by atoms with Crippen LogP contribution >= 0.6 is 11.6 Å². The van der Waals surface area contributed by atoms with Crippen LogP contribution in [0.4, 0.5) is 11.4 Å². The molecule has 0 heterocycles. The summed E-state index contributed by atoms with van der Waals surface area (Å²) in [5.74, 6) is -0.546. The molecule has 0 aliphatic rings. The highest BCUT2D eigenvalue weighted by Gasteiger charge is 2.18. The third kappa shape index (κ3) is 4.85. The van der Waals surface area contributed by atoms with Gasteiger partial charge in [0.1, 0.15) is 5.75 Å². The number of hydrogen-bond acceptors (Lipinski definition) is 4. The van der Waals surface area contributed by atoms with E-state index < -0.39 is 5.91 Å². The molecular weight excluding hydrogens is 404 g/mol. The Hall–Kier alpha value is -3.64. The van der Waals surface area contributed by atoms with Crippen molar-refractivity contribution in [3.8, 4) is 5.75 Å². The normalized spacial score (nSPS) is 10.2. The monoisotopic (exact) mass is 422 g/mol. The van der Waals surface area contributed by atoms with Crippen molar-refractivity contribution in [2.75, 3.05) is 17.7 Å². The van der Waals surface area contributed by atoms with Gasteiger partial charge in [-0.1, -0.05) is 29.8 Å². The fourth-order valence-corrected chi connectivity index (χ4v) is 3.03. The first-order valence-corrected chi connectivity index (χ1v) is 9.43. The van der Waals surface area contributed by atoms with Crippen molar-refractivity contribution in [1.29, 1.82) is 0 Å². The van der Waals surface area contributed by atoms with E-state index >= 15 is 0 Å². The molecular formula is C23H19ClN2O4. The summed E-state index contributed by atoms with van der Waals surface area (Å²) in [5.41, 5.74) is 1.80. The van der Waals surface area contributed by atoms with E-state index in [0.717, 1.165) is 0 Å². The van der Waals surface area contributed by atoms with Crippen molar-refractivity contribution in [2.24, 2.45) is 0 Å². The molecule has 3 aromatic rings. The van der Waals surface area contributed by atoms with Crippen LogP contribution in [0.3, 0.4) is 0 Å². The summed E-state index contributed by atoms with van der Waals surface area (Å²) in [6, 6.07) is 17.9. The van der Waals surface area contributed by atoms with Crippen LogP contribution in [-0.4, -0.2) is 24.7 Å². The highest BCUT2D eigenvalue weighted by atomic mass is 35.5. The van der Waals surface area contributed by atoms with Crippen LogP contribution < -0.4 is 15.4 Å². The Morgan fingerprint density at radius 3 is 2.17 bits per heavy atom. The minimum atomic E-state index is -0.452. The van der Waals surface area contributed by atoms with E-state index in [1.807, 2.05) is 0 Å². The number of ketones is 1. The molecule has 3 aromatic carbocycles. The lowest BCUT2D eigenvalue weighted by atomic mass is 9.98. The van der Waals surface area contributed by atoms with E-state index in [-0.39, 0.29) is 22.8 Å². The molecule has 2 N–H and O–H groups in total. The minimum Gasteiger partial charge on any atom is -0.495 e. The lowest BCUT2D eigenvalue weighted by molar-refractivity contribution is -0.114. The molecule has 0 aliphatic carbocycles. The molecule has 0 aliphatic heterocycles. The molecule has 0 saturated carbocycles. The molecule has 7 heteroatoms. The maximum Gasteiger partial charge on any atom is 0.256 e. The first-order chi connectivity index (χ1) is 14.4. The quantitative estimate of drug-likeness (QED) is 0.559. The maximum atomic E-state index is 12.9. The van der Waals surface area contributed by atoms with Crippen LogP contribution in [0, 0.1) is 0 Å². The number of amides is 2. The van der Waals surface area contributed by atoms with Crippen LogP contribution in [0.2, 0.25) is 5.02 Å². The first-order valence-electron chi connectivity index (χ1n) is 9.05. The van der Waals surface area contributed by atoms with Gasteiger partial charge in [0.05, 0.1) is 18.4 Å². The van der Waals surface area contributed by atoms with E-state index in [2.05, 4.69) is 10.6 Å². The van der Waals surface area contributed by atoms with E-state index in [0.29, 0.717) is 27.7 Å². The van der Waals surface area contributed by atoms with E-state index in [1.54, 1.807) is 66.7 Å². The average Bonchev–Trinajstić information content (AvgIpc) is 2.73. The number of benzene rings is 3. The zero-order chi connectivity index (χ0) is 21.7. The molecule has 0 saturated heterocycles. The summed E-state index contributed by atoms with van der Waals surface area (Å²) in [5, 5.41) is 5.93. The summed E-state index contributed by atoms with van der Waals surface area (Å²) in [6.45, 7) is 1.38. The second-order valence-corrected chi connectivity index (χ2v) is 6.87. The summed E-state index contributed by atoms with van der Waals surface area (Å²) < 4.78 is 5.22. The Morgan fingerprint density at radius 1 is 0.867 bits per heavy atom. The van der Waals surface area contributed by atoms with Crippen molar-refractivity contribution in [3.63, 3.8) is 0 Å². The number of methoxy groups -OCH3 is 1.